The number of nitrogens with zero attached hydrogens (tertiary/aromatic N) is 12. The molecule has 0 saturated carbocycles. The third-order valence-corrected chi connectivity index (χ3v) is 32.6. The van der Waals surface area contributed by atoms with E-state index in [0.29, 0.717) is 31.4 Å². The Balaban J connectivity index is 0.000000106. The monoisotopic (exact) mass is 2060 g/mol. The first kappa shape index (κ1) is 93.4. The largest absolute Gasteiger partial charge is 0.497 e. The number of anilines is 12. The lowest BCUT2D eigenvalue weighted by molar-refractivity contribution is 0.397. The number of hydrogen-bond acceptors (Lipinski definition) is 38. The van der Waals surface area contributed by atoms with Crippen LogP contribution in [0.2, 0.25) is 0 Å². The number of para-hydroxylation sites is 8. The molecule has 0 aliphatic carbocycles. The van der Waals surface area contributed by atoms with Crippen molar-refractivity contribution in [2.45, 2.75) is 41.5 Å². The normalized spacial score (nSPS) is 11.2. The molecule has 12 heterocycles. The van der Waals surface area contributed by atoms with Gasteiger partial charge in [0.2, 0.25) is 0 Å². The zero-order valence-electron chi connectivity index (χ0n) is 75.8. The van der Waals surface area contributed by atoms with Crippen LogP contribution in [0, 0.1) is 53.2 Å². The molecule has 24 rings (SSSR count). The molecule has 138 heavy (non-hydrogen) atoms. The summed E-state index contributed by atoms with van der Waals surface area (Å²) < 4.78 is 82.6. The highest BCUT2D eigenvalue weighted by Gasteiger charge is 2.22. The smallest absolute Gasteiger partial charge is 0.190 e. The van der Waals surface area contributed by atoms with E-state index in [1.165, 1.54) is 107 Å². The van der Waals surface area contributed by atoms with Gasteiger partial charge < -0.3 is 69.8 Å². The number of hydrogen-bond donors (Lipinski definition) is 6. The maximum atomic E-state index is 13.9. The minimum atomic E-state index is -0.248. The summed E-state index contributed by atoms with van der Waals surface area (Å²) in [7, 11) is 13.2. The molecule has 0 amide bonds. The van der Waals surface area contributed by atoms with Gasteiger partial charge in [0.25, 0.3) is 0 Å². The van der Waals surface area contributed by atoms with Crippen molar-refractivity contribution in [3.05, 3.63) is 239 Å². The predicted molar refractivity (Wildman–Crippen MR) is 576 cm³/mol. The minimum Gasteiger partial charge on any atom is -0.497 e. The molecular formula is C98H80F2N18O8S12. The quantitative estimate of drug-likeness (QED) is 0.0413. The lowest BCUT2D eigenvalue weighted by Crippen LogP contribution is -1.89. The number of aromatic nitrogens is 12. The number of halogens is 2. The van der Waals surface area contributed by atoms with Gasteiger partial charge in [-0.25, -0.2) is 68.6 Å². The van der Waals surface area contributed by atoms with Crippen molar-refractivity contribution in [1.82, 2.24) is 59.8 Å². The van der Waals surface area contributed by atoms with Crippen LogP contribution in [0.4, 0.5) is 70.4 Å². The van der Waals surface area contributed by atoms with E-state index < -0.39 is 0 Å². The molecule has 12 aromatic heterocycles. The van der Waals surface area contributed by atoms with E-state index in [1.54, 1.807) is 142 Å². The maximum absolute atomic E-state index is 13.9. The second-order valence-electron chi connectivity index (χ2n) is 30.3. The number of fused-ring (bicyclic) bond motifs is 12. The van der Waals surface area contributed by atoms with Gasteiger partial charge >= 0.3 is 0 Å². The van der Waals surface area contributed by atoms with E-state index >= 15 is 0 Å². The van der Waals surface area contributed by atoms with Gasteiger partial charge in [-0.3, -0.25) is 0 Å². The number of benzene rings is 12. The molecule has 0 fully saturated rings. The summed E-state index contributed by atoms with van der Waals surface area (Å²) in [5.41, 5.74) is 17.2. The molecule has 40 heteroatoms. The molecule has 0 aliphatic heterocycles. The lowest BCUT2D eigenvalue weighted by atomic mass is 10.2. The Morgan fingerprint density at radius 3 is 0.761 bits per heavy atom. The van der Waals surface area contributed by atoms with Crippen molar-refractivity contribution in [2.24, 2.45) is 0 Å². The summed E-state index contributed by atoms with van der Waals surface area (Å²) in [6, 6.07) is 62.1. The van der Waals surface area contributed by atoms with Crippen molar-refractivity contribution in [3.63, 3.8) is 0 Å². The average molecular weight is 2060 g/mol. The summed E-state index contributed by atoms with van der Waals surface area (Å²) in [6.45, 7) is 12.1. The van der Waals surface area contributed by atoms with Gasteiger partial charge in [-0.1, -0.05) is 215 Å². The average Bonchev–Trinajstić information content (AvgIpc) is 1.60. The van der Waals surface area contributed by atoms with Gasteiger partial charge in [-0.05, 0) is 184 Å². The molecule has 0 radical (unpaired) electrons. The van der Waals surface area contributed by atoms with Crippen molar-refractivity contribution >= 4 is 320 Å². The molecule has 12 aromatic carbocycles. The zero-order chi connectivity index (χ0) is 95.5. The zero-order valence-corrected chi connectivity index (χ0v) is 85.6. The second kappa shape index (κ2) is 41.0. The van der Waals surface area contributed by atoms with Crippen LogP contribution in [-0.4, -0.2) is 117 Å². The Morgan fingerprint density at radius 2 is 0.442 bits per heavy atom. The Bertz CT molecular complexity index is 8390. The molecule has 0 bridgehead atoms. The van der Waals surface area contributed by atoms with Gasteiger partial charge in [-0.2, -0.15) is 0 Å². The van der Waals surface area contributed by atoms with Gasteiger partial charge in [0, 0.05) is 6.07 Å². The third kappa shape index (κ3) is 20.0. The van der Waals surface area contributed by atoms with Crippen molar-refractivity contribution in [2.75, 3.05) is 88.8 Å². The van der Waals surface area contributed by atoms with E-state index in [4.69, 9.17) is 37.9 Å². The first-order valence-electron chi connectivity index (χ1n) is 42.1. The summed E-state index contributed by atoms with van der Waals surface area (Å²) in [4.78, 5) is 55.3. The first-order chi connectivity index (χ1) is 67.1. The maximum Gasteiger partial charge on any atom is 0.190 e. The van der Waals surface area contributed by atoms with E-state index in [1.807, 2.05) is 117 Å². The topological polar surface area (TPSA) is 301 Å². The van der Waals surface area contributed by atoms with E-state index in [-0.39, 0.29) is 11.6 Å². The predicted octanol–water partition coefficient (Wildman–Crippen LogP) is 30.1. The molecule has 0 unspecified atom stereocenters. The first-order valence-corrected chi connectivity index (χ1v) is 51.9. The fourth-order valence-electron chi connectivity index (χ4n) is 14.7. The number of thiazole rings is 12. The van der Waals surface area contributed by atoms with Gasteiger partial charge in [0.15, 0.2) is 61.6 Å². The lowest BCUT2D eigenvalue weighted by Gasteiger charge is -2.03. The summed E-state index contributed by atoms with van der Waals surface area (Å²) in [5.74, 6) is 5.55. The van der Waals surface area contributed by atoms with Crippen molar-refractivity contribution in [1.29, 1.82) is 0 Å². The molecule has 0 spiro atoms. The molecule has 0 saturated heterocycles. The van der Waals surface area contributed by atoms with Crippen LogP contribution in [0.15, 0.2) is 194 Å². The van der Waals surface area contributed by atoms with Gasteiger partial charge in [-0.15, -0.1) is 0 Å². The van der Waals surface area contributed by atoms with Crippen molar-refractivity contribution < 1.29 is 46.7 Å². The molecule has 24 aromatic rings. The number of nitrogens with one attached hydrogen (secondary N) is 6. The Kier molecular flexibility index (Phi) is 27.7. The summed E-state index contributed by atoms with van der Waals surface area (Å²) in [6.07, 6.45) is 0. The summed E-state index contributed by atoms with van der Waals surface area (Å²) >= 11 is 18.5. The number of methoxy groups -OCH3 is 8. The van der Waals surface area contributed by atoms with Crippen LogP contribution in [-0.2, 0) is 0 Å². The highest BCUT2D eigenvalue weighted by atomic mass is 32.1. The number of rotatable bonds is 20. The third-order valence-electron chi connectivity index (χ3n) is 21.3. The molecule has 6 N–H and O–H groups in total. The molecule has 696 valence electrons. The molecule has 0 atom stereocenters. The van der Waals surface area contributed by atoms with E-state index in [2.05, 4.69) is 186 Å². The van der Waals surface area contributed by atoms with Crippen LogP contribution in [0.1, 0.15) is 33.4 Å². The van der Waals surface area contributed by atoms with Crippen LogP contribution in [0.3, 0.4) is 0 Å². The molecule has 26 nitrogen and oxygen atoms in total. The standard InChI is InChI=1S/2C17H15N3O2S2.2C16H12FN3OS2.2C16H13N3OS2/c1-9-5-4-6-12-14(9)18-16(23-12)20-17-19-15-11(22-3)7-10(21-2)8-13(15)24-17;1-9-5-4-6-12-13(9)18-16(23-12)20-17-19-14-10(21-2)7-8-11(22-3)15(14)24-17;1-8-6-9(17)7-12-13(8)18-15(23-12)20-16-19-14-10(21-2)4-3-5-11(14)22-16;1-8-6-7-9(17)14-12(8)18-16(23-14)20-15-19-13-10(21-2)4-3-5-11(13)22-15;2*1-9-5-3-7-11-13(9)17-15(21-11)19-16-18-14-10(20-2)6-4-8-12(14)22-16/h2*4-8H,1-3H3,(H,18,19,20);2*3-7H,1-2H3,(H,18,19,20);2*3-8H,1-2H3,(H,17,18,19). The minimum absolute atomic E-state index is 0.241. The van der Waals surface area contributed by atoms with Gasteiger partial charge in [0.05, 0.1) is 142 Å². The highest BCUT2D eigenvalue weighted by molar-refractivity contribution is 7.28. The fourth-order valence-corrected chi connectivity index (χ4v) is 26.2. The van der Waals surface area contributed by atoms with Crippen LogP contribution in [0.5, 0.6) is 46.0 Å². The fraction of sp³-hybridized carbons (Fsp3) is 0.143. The van der Waals surface area contributed by atoms with E-state index in [0.717, 1.165) is 201 Å². The van der Waals surface area contributed by atoms with Gasteiger partial charge in [0.1, 0.15) is 95.4 Å². The van der Waals surface area contributed by atoms with Crippen molar-refractivity contribution in [3.8, 4) is 46.0 Å². The summed E-state index contributed by atoms with van der Waals surface area (Å²) in [5, 5.41) is 29.1. The van der Waals surface area contributed by atoms with Crippen LogP contribution >= 0.6 is 136 Å². The van der Waals surface area contributed by atoms with E-state index in [9.17, 15) is 8.78 Å². The van der Waals surface area contributed by atoms with Crippen LogP contribution in [0.25, 0.3) is 123 Å². The van der Waals surface area contributed by atoms with Crippen LogP contribution < -0.4 is 69.8 Å². The molecular weight excluding hydrogens is 1980 g/mol. The number of aryl methyl sites for hydroxylation is 6. The Hall–Kier alpha value is -13.6. The Labute approximate surface area is 834 Å². The highest BCUT2D eigenvalue weighted by Crippen LogP contribution is 2.46. The SMILES string of the molecule is COc1cc(OC)c2nc(Nc3nc4c(C)cccc4s3)sc2c1.COc1ccc(OC)c2sc(Nc3nc4c(C)cccc4s3)nc12.COc1cccc2sc(Nc3nc4c(C)cc(F)cc4s3)nc12.COc1cccc2sc(Nc3nc4c(C)ccc(F)c4s3)nc12.COc1cccc2sc(Nc3nc4c(C)cccc4s3)nc12.COc1cccc2sc(Nc3nc4c(C)cccc4s3)nc12. The number of ether oxygens (including phenoxy) is 8. The Morgan fingerprint density at radius 1 is 0.196 bits per heavy atom. The second-order valence-corrected chi connectivity index (χ2v) is 42.6. The molecule has 0 aliphatic rings.